The Morgan fingerprint density at radius 2 is 1.61 bits per heavy atom. The summed E-state index contributed by atoms with van der Waals surface area (Å²) in [6.45, 7) is 0. The SMILES string of the molecule is NC(=O)C1(C(N)=O)CC1c1ccc(Oc2ccnc3cc(-c4ccnc(F)c4)ccc23)cc1. The Hall–Kier alpha value is -4.33. The lowest BCUT2D eigenvalue weighted by Crippen LogP contribution is -2.38. The Morgan fingerprint density at radius 3 is 2.27 bits per heavy atom. The van der Waals surface area contributed by atoms with Gasteiger partial charge in [-0.05, 0) is 59.5 Å². The molecule has 1 saturated carbocycles. The van der Waals surface area contributed by atoms with Crippen molar-refractivity contribution in [3.63, 3.8) is 0 Å². The Bertz CT molecular complexity index is 1390. The second-order valence-electron chi connectivity index (χ2n) is 8.04. The van der Waals surface area contributed by atoms with Gasteiger partial charge in [-0.1, -0.05) is 18.2 Å². The molecule has 0 radical (unpaired) electrons. The summed E-state index contributed by atoms with van der Waals surface area (Å²) < 4.78 is 19.5. The lowest BCUT2D eigenvalue weighted by Gasteiger charge is -2.12. The minimum atomic E-state index is -1.31. The molecule has 1 fully saturated rings. The van der Waals surface area contributed by atoms with Crippen LogP contribution in [0.2, 0.25) is 0 Å². The summed E-state index contributed by atoms with van der Waals surface area (Å²) in [7, 11) is 0. The molecule has 2 aromatic heterocycles. The van der Waals surface area contributed by atoms with Gasteiger partial charge in [-0.25, -0.2) is 4.98 Å². The van der Waals surface area contributed by atoms with Crippen molar-refractivity contribution in [2.45, 2.75) is 12.3 Å². The summed E-state index contributed by atoms with van der Waals surface area (Å²) in [5.74, 6) is -1.07. The quantitative estimate of drug-likeness (QED) is 0.349. The number of nitrogens with two attached hydrogens (primary N) is 2. The zero-order chi connectivity index (χ0) is 23.2. The summed E-state index contributed by atoms with van der Waals surface area (Å²) in [5, 5.41) is 0.795. The number of hydrogen-bond donors (Lipinski definition) is 2. The molecule has 1 atom stereocenters. The second kappa shape index (κ2) is 7.67. The minimum absolute atomic E-state index is 0.316. The highest BCUT2D eigenvalue weighted by atomic mass is 19.1. The molecule has 5 rings (SSSR count). The molecule has 1 aliphatic carbocycles. The van der Waals surface area contributed by atoms with E-state index in [0.29, 0.717) is 29.0 Å². The third-order valence-electron chi connectivity index (χ3n) is 6.11. The van der Waals surface area contributed by atoms with Gasteiger partial charge in [0, 0.05) is 29.8 Å². The predicted molar refractivity (Wildman–Crippen MR) is 120 cm³/mol. The molecule has 4 aromatic rings. The van der Waals surface area contributed by atoms with E-state index in [1.54, 1.807) is 42.6 Å². The van der Waals surface area contributed by atoms with Crippen LogP contribution in [0.1, 0.15) is 17.9 Å². The van der Waals surface area contributed by atoms with Gasteiger partial charge < -0.3 is 16.2 Å². The van der Waals surface area contributed by atoms with Crippen LogP contribution in [0.5, 0.6) is 11.5 Å². The monoisotopic (exact) mass is 442 g/mol. The van der Waals surface area contributed by atoms with E-state index >= 15 is 0 Å². The van der Waals surface area contributed by atoms with Gasteiger partial charge in [0.05, 0.1) is 5.52 Å². The van der Waals surface area contributed by atoms with Crippen LogP contribution in [0.15, 0.2) is 73.1 Å². The predicted octanol–water partition coefficient (Wildman–Crippen LogP) is 3.67. The van der Waals surface area contributed by atoms with Gasteiger partial charge in [-0.2, -0.15) is 4.39 Å². The highest BCUT2D eigenvalue weighted by molar-refractivity contribution is 6.08. The van der Waals surface area contributed by atoms with Crippen molar-refractivity contribution in [1.29, 1.82) is 0 Å². The first kappa shape index (κ1) is 20.6. The molecule has 0 saturated heterocycles. The molecule has 2 heterocycles. The zero-order valence-corrected chi connectivity index (χ0v) is 17.4. The molecule has 8 heteroatoms. The molecule has 0 aliphatic heterocycles. The molecule has 7 nitrogen and oxygen atoms in total. The van der Waals surface area contributed by atoms with Crippen molar-refractivity contribution in [2.75, 3.05) is 0 Å². The topological polar surface area (TPSA) is 121 Å². The highest BCUT2D eigenvalue weighted by Gasteiger charge is 2.64. The standard InChI is InChI=1S/C25H19FN4O3/c26-22-12-16(7-9-30-22)15-3-6-18-20(11-15)29-10-8-21(18)33-17-4-1-14(2-5-17)19-13-25(19,23(27)31)24(28)32/h1-12,19H,13H2,(H2,27,31)(H2,28,32). The number of carbonyl (C=O) groups excluding carboxylic acids is 2. The molecule has 0 bridgehead atoms. The van der Waals surface area contributed by atoms with Crippen LogP contribution in [0.25, 0.3) is 22.0 Å². The number of rotatable bonds is 6. The average Bonchev–Trinajstić information content (AvgIpc) is 3.57. The molecule has 2 aromatic carbocycles. The van der Waals surface area contributed by atoms with Gasteiger partial charge in [0.25, 0.3) is 0 Å². The van der Waals surface area contributed by atoms with E-state index in [0.717, 1.165) is 16.5 Å². The van der Waals surface area contributed by atoms with E-state index in [4.69, 9.17) is 16.2 Å². The van der Waals surface area contributed by atoms with E-state index in [2.05, 4.69) is 9.97 Å². The largest absolute Gasteiger partial charge is 0.457 e. The van der Waals surface area contributed by atoms with E-state index in [1.807, 2.05) is 18.2 Å². The third-order valence-corrected chi connectivity index (χ3v) is 6.11. The van der Waals surface area contributed by atoms with Crippen LogP contribution >= 0.6 is 0 Å². The Kier molecular flexibility index (Phi) is 4.78. The highest BCUT2D eigenvalue weighted by Crippen LogP contribution is 2.59. The van der Waals surface area contributed by atoms with E-state index in [1.165, 1.54) is 12.3 Å². The zero-order valence-electron chi connectivity index (χ0n) is 17.4. The number of hydrogen-bond acceptors (Lipinski definition) is 5. The van der Waals surface area contributed by atoms with Crippen molar-refractivity contribution in [3.8, 4) is 22.6 Å². The Balaban J connectivity index is 1.39. The first-order valence-corrected chi connectivity index (χ1v) is 10.3. The van der Waals surface area contributed by atoms with Crippen LogP contribution in [0, 0.1) is 11.4 Å². The van der Waals surface area contributed by atoms with Crippen LogP contribution in [0.3, 0.4) is 0 Å². The van der Waals surface area contributed by atoms with E-state index in [-0.39, 0.29) is 5.92 Å². The molecule has 1 aliphatic rings. The number of primary amides is 2. The minimum Gasteiger partial charge on any atom is -0.457 e. The number of aromatic nitrogens is 2. The molecule has 33 heavy (non-hydrogen) atoms. The second-order valence-corrected chi connectivity index (χ2v) is 8.04. The fourth-order valence-corrected chi connectivity index (χ4v) is 4.20. The number of fused-ring (bicyclic) bond motifs is 1. The first-order chi connectivity index (χ1) is 15.9. The fourth-order valence-electron chi connectivity index (χ4n) is 4.20. The van der Waals surface area contributed by atoms with Gasteiger partial charge in [0.15, 0.2) is 0 Å². The first-order valence-electron chi connectivity index (χ1n) is 10.3. The maximum atomic E-state index is 13.5. The van der Waals surface area contributed by atoms with Gasteiger partial charge in [-0.3, -0.25) is 14.6 Å². The fraction of sp³-hybridized carbons (Fsp3) is 0.120. The Morgan fingerprint density at radius 1 is 0.909 bits per heavy atom. The van der Waals surface area contributed by atoms with Crippen molar-refractivity contribution in [2.24, 2.45) is 16.9 Å². The lowest BCUT2D eigenvalue weighted by molar-refractivity contribution is -0.133. The molecule has 0 spiro atoms. The van der Waals surface area contributed by atoms with Crippen molar-refractivity contribution >= 4 is 22.7 Å². The number of ether oxygens (including phenoxy) is 1. The number of amides is 2. The number of benzene rings is 2. The van der Waals surface area contributed by atoms with E-state index < -0.39 is 23.2 Å². The van der Waals surface area contributed by atoms with Crippen molar-refractivity contribution in [3.05, 3.63) is 84.6 Å². The smallest absolute Gasteiger partial charge is 0.233 e. The number of nitrogens with zero attached hydrogens (tertiary/aromatic N) is 2. The summed E-state index contributed by atoms with van der Waals surface area (Å²) in [5.41, 5.74) is 12.5. The summed E-state index contributed by atoms with van der Waals surface area (Å²) in [6.07, 6.45) is 3.38. The maximum absolute atomic E-state index is 13.5. The summed E-state index contributed by atoms with van der Waals surface area (Å²) >= 11 is 0. The summed E-state index contributed by atoms with van der Waals surface area (Å²) in [6, 6.07) is 17.6. The van der Waals surface area contributed by atoms with Crippen LogP contribution in [-0.2, 0) is 9.59 Å². The molecule has 1 unspecified atom stereocenters. The van der Waals surface area contributed by atoms with Crippen LogP contribution < -0.4 is 16.2 Å². The van der Waals surface area contributed by atoms with Gasteiger partial charge in [0.2, 0.25) is 17.8 Å². The number of carbonyl (C=O) groups is 2. The summed E-state index contributed by atoms with van der Waals surface area (Å²) in [4.78, 5) is 31.5. The number of pyridine rings is 2. The normalized spacial score (nSPS) is 16.3. The molecule has 2 amide bonds. The van der Waals surface area contributed by atoms with Crippen molar-refractivity contribution in [1.82, 2.24) is 9.97 Å². The van der Waals surface area contributed by atoms with Gasteiger partial charge in [0.1, 0.15) is 16.9 Å². The van der Waals surface area contributed by atoms with Gasteiger partial charge >= 0.3 is 0 Å². The molecular weight excluding hydrogens is 423 g/mol. The maximum Gasteiger partial charge on any atom is 0.233 e. The van der Waals surface area contributed by atoms with Crippen molar-refractivity contribution < 1.29 is 18.7 Å². The number of halogens is 1. The third kappa shape index (κ3) is 3.55. The van der Waals surface area contributed by atoms with Crippen LogP contribution in [-0.4, -0.2) is 21.8 Å². The van der Waals surface area contributed by atoms with Crippen LogP contribution in [0.4, 0.5) is 4.39 Å². The Labute approximate surface area is 188 Å². The average molecular weight is 442 g/mol. The molecule has 4 N–H and O–H groups in total. The van der Waals surface area contributed by atoms with Gasteiger partial charge in [-0.15, -0.1) is 0 Å². The molecular formula is C25H19FN4O3. The van der Waals surface area contributed by atoms with E-state index in [9.17, 15) is 14.0 Å². The lowest BCUT2D eigenvalue weighted by atomic mass is 9.97. The molecule has 164 valence electrons.